The molecule has 1 atom stereocenters. The summed E-state index contributed by atoms with van der Waals surface area (Å²) < 4.78 is 0. The lowest BCUT2D eigenvalue weighted by Crippen LogP contribution is -2.51. The van der Waals surface area contributed by atoms with Crippen LogP contribution in [0.2, 0.25) is 0 Å². The quantitative estimate of drug-likeness (QED) is 0.735. The molecule has 16 heavy (non-hydrogen) atoms. The van der Waals surface area contributed by atoms with E-state index >= 15 is 0 Å². The lowest BCUT2D eigenvalue weighted by atomic mass is 9.86. The molecule has 0 aromatic carbocycles. The summed E-state index contributed by atoms with van der Waals surface area (Å²) in [5, 5.41) is 0. The minimum Gasteiger partial charge on any atom is -0.347 e. The molecule has 0 aliphatic carbocycles. The molecule has 0 aromatic heterocycles. The number of hydrogen-bond acceptors (Lipinski definition) is 3. The Bertz CT molecular complexity index is 269. The van der Waals surface area contributed by atoms with E-state index in [1.165, 1.54) is 9.80 Å². The van der Waals surface area contributed by atoms with Gasteiger partial charge in [0.05, 0.1) is 12.6 Å². The minimum atomic E-state index is -0.590. The van der Waals surface area contributed by atoms with E-state index in [0.717, 1.165) is 0 Å². The number of carbonyl (C=O) groups excluding carboxylic acids is 2. The van der Waals surface area contributed by atoms with Crippen LogP contribution in [0, 0.1) is 5.41 Å². The molecule has 2 N–H and O–H groups in total. The Morgan fingerprint density at radius 2 is 1.62 bits per heavy atom. The van der Waals surface area contributed by atoms with Crippen molar-refractivity contribution in [2.75, 3.05) is 27.7 Å². The van der Waals surface area contributed by atoms with E-state index in [4.69, 9.17) is 5.73 Å². The first-order valence-corrected chi connectivity index (χ1v) is 5.28. The van der Waals surface area contributed by atoms with Gasteiger partial charge in [0.15, 0.2) is 0 Å². The highest BCUT2D eigenvalue weighted by Crippen LogP contribution is 2.18. The van der Waals surface area contributed by atoms with E-state index in [2.05, 4.69) is 0 Å². The maximum atomic E-state index is 11.9. The number of nitrogens with two attached hydrogens (primary N) is 1. The number of amides is 2. The lowest BCUT2D eigenvalue weighted by molar-refractivity contribution is -0.140. The Hall–Kier alpha value is -1.10. The monoisotopic (exact) mass is 229 g/mol. The Labute approximate surface area is 97.6 Å². The van der Waals surface area contributed by atoms with Gasteiger partial charge in [-0.3, -0.25) is 9.59 Å². The molecule has 0 rings (SSSR count). The van der Waals surface area contributed by atoms with Crippen LogP contribution in [0.15, 0.2) is 0 Å². The van der Waals surface area contributed by atoms with Gasteiger partial charge in [0, 0.05) is 21.1 Å². The molecular weight excluding hydrogens is 206 g/mol. The van der Waals surface area contributed by atoms with Crippen molar-refractivity contribution in [3.8, 4) is 0 Å². The van der Waals surface area contributed by atoms with Crippen molar-refractivity contribution in [1.29, 1.82) is 0 Å². The topological polar surface area (TPSA) is 66.6 Å². The third kappa shape index (κ3) is 4.18. The molecule has 5 nitrogen and oxygen atoms in total. The molecule has 0 saturated carbocycles. The standard InChI is InChI=1S/C11H23N3O2/c1-11(2,3)9(12)10(16)14(6)7-8(15)13(4)5/h9H,7,12H2,1-6H3. The first-order chi connectivity index (χ1) is 7.07. The Kier molecular flexibility index (Phi) is 4.93. The van der Waals surface area contributed by atoms with E-state index in [-0.39, 0.29) is 23.8 Å². The Balaban J connectivity index is 4.46. The molecule has 0 heterocycles. The largest absolute Gasteiger partial charge is 0.347 e. The van der Waals surface area contributed by atoms with Crippen LogP contribution >= 0.6 is 0 Å². The summed E-state index contributed by atoms with van der Waals surface area (Å²) in [5.41, 5.74) is 5.53. The van der Waals surface area contributed by atoms with Gasteiger partial charge in [0.25, 0.3) is 0 Å². The molecule has 0 radical (unpaired) electrons. The van der Waals surface area contributed by atoms with Crippen LogP contribution in [-0.2, 0) is 9.59 Å². The van der Waals surface area contributed by atoms with Crippen LogP contribution in [0.4, 0.5) is 0 Å². The molecule has 94 valence electrons. The smallest absolute Gasteiger partial charge is 0.241 e. The van der Waals surface area contributed by atoms with Crippen molar-refractivity contribution in [3.05, 3.63) is 0 Å². The predicted octanol–water partition coefficient (Wildman–Crippen LogP) is -0.0936. The number of carbonyl (C=O) groups is 2. The SMILES string of the molecule is CN(C)C(=O)CN(C)C(=O)C(N)C(C)(C)C. The normalized spacial score (nSPS) is 13.2. The van der Waals surface area contributed by atoms with Gasteiger partial charge in [0.1, 0.15) is 0 Å². The zero-order valence-corrected chi connectivity index (χ0v) is 11.1. The molecule has 5 heteroatoms. The molecule has 0 aliphatic rings. The second-order valence-electron chi connectivity index (χ2n) is 5.33. The highest BCUT2D eigenvalue weighted by atomic mass is 16.2. The maximum absolute atomic E-state index is 11.9. The number of nitrogens with zero attached hydrogens (tertiary/aromatic N) is 2. The Morgan fingerprint density at radius 1 is 1.19 bits per heavy atom. The van der Waals surface area contributed by atoms with Gasteiger partial charge in [-0.25, -0.2) is 0 Å². The third-order valence-corrected chi connectivity index (χ3v) is 2.45. The zero-order chi connectivity index (χ0) is 13.1. The van der Waals surface area contributed by atoms with Gasteiger partial charge in [-0.15, -0.1) is 0 Å². The number of rotatable bonds is 3. The summed E-state index contributed by atoms with van der Waals surface area (Å²) in [4.78, 5) is 26.1. The van der Waals surface area contributed by atoms with Crippen molar-refractivity contribution in [1.82, 2.24) is 9.80 Å². The molecule has 1 unspecified atom stereocenters. The van der Waals surface area contributed by atoms with Crippen LogP contribution < -0.4 is 5.73 Å². The molecule has 0 spiro atoms. The second kappa shape index (κ2) is 5.30. The molecule has 0 fully saturated rings. The molecule has 0 bridgehead atoms. The molecular formula is C11H23N3O2. The van der Waals surface area contributed by atoms with Gasteiger partial charge >= 0.3 is 0 Å². The van der Waals surface area contributed by atoms with Crippen molar-refractivity contribution >= 4 is 11.8 Å². The average molecular weight is 229 g/mol. The highest BCUT2D eigenvalue weighted by Gasteiger charge is 2.30. The van der Waals surface area contributed by atoms with Crippen molar-refractivity contribution in [2.24, 2.45) is 11.1 Å². The minimum absolute atomic E-state index is 0.0651. The molecule has 0 aromatic rings. The maximum Gasteiger partial charge on any atom is 0.241 e. The fourth-order valence-electron chi connectivity index (χ4n) is 1.03. The molecule has 2 amide bonds. The summed E-state index contributed by atoms with van der Waals surface area (Å²) in [7, 11) is 4.91. The summed E-state index contributed by atoms with van der Waals surface area (Å²) in [5.74, 6) is -0.320. The van der Waals surface area contributed by atoms with Crippen LogP contribution in [0.5, 0.6) is 0 Å². The summed E-state index contributed by atoms with van der Waals surface area (Å²) >= 11 is 0. The molecule has 0 saturated heterocycles. The van der Waals surface area contributed by atoms with Crippen LogP contribution in [-0.4, -0.2) is 55.3 Å². The van der Waals surface area contributed by atoms with Gasteiger partial charge in [-0.1, -0.05) is 20.8 Å². The summed E-state index contributed by atoms with van der Waals surface area (Å²) in [6.07, 6.45) is 0. The van der Waals surface area contributed by atoms with Crippen LogP contribution in [0.3, 0.4) is 0 Å². The first kappa shape index (κ1) is 14.9. The summed E-state index contributed by atoms with van der Waals surface area (Å²) in [6.45, 7) is 5.77. The van der Waals surface area contributed by atoms with E-state index in [9.17, 15) is 9.59 Å². The van der Waals surface area contributed by atoms with Gasteiger partial charge < -0.3 is 15.5 Å². The summed E-state index contributed by atoms with van der Waals surface area (Å²) in [6, 6.07) is -0.590. The van der Waals surface area contributed by atoms with Crippen molar-refractivity contribution < 1.29 is 9.59 Å². The van der Waals surface area contributed by atoms with Gasteiger partial charge in [0.2, 0.25) is 11.8 Å². The number of likely N-dealkylation sites (N-methyl/N-ethyl adjacent to an activating group) is 2. The van der Waals surface area contributed by atoms with E-state index < -0.39 is 6.04 Å². The second-order valence-corrected chi connectivity index (χ2v) is 5.33. The highest BCUT2D eigenvalue weighted by molar-refractivity contribution is 5.87. The van der Waals surface area contributed by atoms with Crippen molar-refractivity contribution in [2.45, 2.75) is 26.8 Å². The third-order valence-electron chi connectivity index (χ3n) is 2.45. The van der Waals surface area contributed by atoms with Crippen molar-refractivity contribution in [3.63, 3.8) is 0 Å². The van der Waals surface area contributed by atoms with E-state index in [1.54, 1.807) is 21.1 Å². The van der Waals surface area contributed by atoms with Crippen LogP contribution in [0.1, 0.15) is 20.8 Å². The number of hydrogen-bond donors (Lipinski definition) is 1. The van der Waals surface area contributed by atoms with E-state index in [1.807, 2.05) is 20.8 Å². The molecule has 0 aliphatic heterocycles. The van der Waals surface area contributed by atoms with Crippen LogP contribution in [0.25, 0.3) is 0 Å². The Morgan fingerprint density at radius 3 is 1.94 bits per heavy atom. The van der Waals surface area contributed by atoms with Gasteiger partial charge in [-0.2, -0.15) is 0 Å². The van der Waals surface area contributed by atoms with Gasteiger partial charge in [-0.05, 0) is 5.41 Å². The predicted molar refractivity (Wildman–Crippen MR) is 63.8 cm³/mol. The fourth-order valence-corrected chi connectivity index (χ4v) is 1.03. The van der Waals surface area contributed by atoms with E-state index in [0.29, 0.717) is 0 Å². The average Bonchev–Trinajstić information content (AvgIpc) is 2.13. The lowest BCUT2D eigenvalue weighted by Gasteiger charge is -2.30. The fraction of sp³-hybridized carbons (Fsp3) is 0.818. The first-order valence-electron chi connectivity index (χ1n) is 5.28. The zero-order valence-electron chi connectivity index (χ0n) is 11.1.